The van der Waals surface area contributed by atoms with Crippen molar-refractivity contribution in [3.8, 4) is 5.75 Å². The summed E-state index contributed by atoms with van der Waals surface area (Å²) in [5, 5.41) is 10.2. The van der Waals surface area contributed by atoms with Crippen LogP contribution < -0.4 is 4.74 Å². The number of rotatable bonds is 6. The molecular weight excluding hydrogens is 307 g/mol. The molecule has 3 nitrogen and oxygen atoms in total. The zero-order valence-electron chi connectivity index (χ0n) is 9.82. The maximum Gasteiger partial charge on any atom is 0.133 e. The van der Waals surface area contributed by atoms with Gasteiger partial charge in [0.25, 0.3) is 0 Å². The normalized spacial score (nSPS) is 12.8. The van der Waals surface area contributed by atoms with E-state index in [1.165, 1.54) is 0 Å². The summed E-state index contributed by atoms with van der Waals surface area (Å²) in [6.45, 7) is 4.29. The fraction of sp³-hybridized carbons (Fsp3) is 0.500. The summed E-state index contributed by atoms with van der Waals surface area (Å²) in [4.78, 5) is 0. The summed E-state index contributed by atoms with van der Waals surface area (Å²) in [5.41, 5.74) is 0. The fourth-order valence-electron chi connectivity index (χ4n) is 1.13. The largest absolute Gasteiger partial charge is 0.490 e. The monoisotopic (exact) mass is 322 g/mol. The van der Waals surface area contributed by atoms with Crippen LogP contribution >= 0.6 is 27.5 Å². The molecule has 0 heterocycles. The molecule has 1 aromatic carbocycles. The highest BCUT2D eigenvalue weighted by atomic mass is 79.9. The van der Waals surface area contributed by atoms with E-state index in [2.05, 4.69) is 15.9 Å². The van der Waals surface area contributed by atoms with Crippen LogP contribution in [0.15, 0.2) is 22.7 Å². The lowest BCUT2D eigenvalue weighted by Gasteiger charge is -2.15. The highest BCUT2D eigenvalue weighted by Crippen LogP contribution is 2.27. The van der Waals surface area contributed by atoms with Gasteiger partial charge in [-0.05, 0) is 48.0 Å². The third-order valence-corrected chi connectivity index (χ3v) is 2.80. The number of hydrogen-bond acceptors (Lipinski definition) is 3. The molecule has 0 saturated heterocycles. The fourth-order valence-corrected chi connectivity index (χ4v) is 1.93. The molecule has 17 heavy (non-hydrogen) atoms. The van der Waals surface area contributed by atoms with Gasteiger partial charge in [0, 0.05) is 5.02 Å². The number of hydrogen-bond donors (Lipinski definition) is 1. The summed E-state index contributed by atoms with van der Waals surface area (Å²) in [6.07, 6.45) is -0.535. The molecule has 96 valence electrons. The Hall–Kier alpha value is -0.290. The maximum atomic E-state index is 9.61. The molecule has 1 aromatic rings. The molecular formula is C12H16BrClO3. The van der Waals surface area contributed by atoms with Crippen molar-refractivity contribution < 1.29 is 14.6 Å². The van der Waals surface area contributed by atoms with Gasteiger partial charge in [0.2, 0.25) is 0 Å². The molecule has 0 amide bonds. The van der Waals surface area contributed by atoms with Crippen LogP contribution in [0, 0.1) is 0 Å². The Balaban J connectivity index is 2.39. The predicted octanol–water partition coefficient (Wildman–Crippen LogP) is 3.27. The lowest BCUT2D eigenvalue weighted by molar-refractivity contribution is -0.0123. The smallest absolute Gasteiger partial charge is 0.133 e. The third-order valence-electron chi connectivity index (χ3n) is 1.95. The molecule has 0 bridgehead atoms. The van der Waals surface area contributed by atoms with Gasteiger partial charge in [-0.3, -0.25) is 0 Å². The van der Waals surface area contributed by atoms with Crippen LogP contribution in [0.5, 0.6) is 5.75 Å². The molecule has 1 rings (SSSR count). The maximum absolute atomic E-state index is 9.61. The van der Waals surface area contributed by atoms with E-state index >= 15 is 0 Å². The van der Waals surface area contributed by atoms with E-state index in [0.717, 1.165) is 4.47 Å². The molecule has 0 saturated carbocycles. The molecule has 0 radical (unpaired) electrons. The quantitative estimate of drug-likeness (QED) is 0.873. The first kappa shape index (κ1) is 14.8. The van der Waals surface area contributed by atoms with Crippen molar-refractivity contribution >= 4 is 27.5 Å². The minimum absolute atomic E-state index is 0.104. The van der Waals surface area contributed by atoms with E-state index in [1.807, 2.05) is 13.8 Å². The molecule has 1 unspecified atom stereocenters. The zero-order chi connectivity index (χ0) is 12.8. The van der Waals surface area contributed by atoms with Crippen molar-refractivity contribution in [2.45, 2.75) is 26.1 Å². The van der Waals surface area contributed by atoms with Gasteiger partial charge < -0.3 is 14.6 Å². The van der Waals surface area contributed by atoms with Gasteiger partial charge in [-0.15, -0.1) is 0 Å². The Bertz CT molecular complexity index is 358. The molecule has 0 aliphatic heterocycles. The summed E-state index contributed by atoms with van der Waals surface area (Å²) in [6, 6.07) is 5.23. The number of aliphatic hydroxyl groups excluding tert-OH is 1. The Labute approximate surface area is 115 Å². The second kappa shape index (κ2) is 7.21. The average molecular weight is 324 g/mol. The van der Waals surface area contributed by atoms with Crippen LogP contribution in [0.4, 0.5) is 0 Å². The first-order chi connectivity index (χ1) is 7.99. The van der Waals surface area contributed by atoms with E-state index in [0.29, 0.717) is 10.8 Å². The predicted molar refractivity (Wildman–Crippen MR) is 71.7 cm³/mol. The van der Waals surface area contributed by atoms with Crippen LogP contribution in [0.25, 0.3) is 0 Å². The highest BCUT2D eigenvalue weighted by Gasteiger charge is 2.08. The van der Waals surface area contributed by atoms with Crippen molar-refractivity contribution in [3.05, 3.63) is 27.7 Å². The molecule has 0 aromatic heterocycles. The van der Waals surface area contributed by atoms with Crippen molar-refractivity contribution in [2.75, 3.05) is 13.2 Å². The van der Waals surface area contributed by atoms with Crippen LogP contribution in [0.2, 0.25) is 5.02 Å². The first-order valence-corrected chi connectivity index (χ1v) is 6.53. The minimum Gasteiger partial charge on any atom is -0.490 e. The Morgan fingerprint density at radius 1 is 1.35 bits per heavy atom. The van der Waals surface area contributed by atoms with Crippen LogP contribution in [0.3, 0.4) is 0 Å². The topological polar surface area (TPSA) is 38.7 Å². The molecule has 0 spiro atoms. The Morgan fingerprint density at radius 3 is 2.65 bits per heavy atom. The second-order valence-electron chi connectivity index (χ2n) is 3.92. The number of ether oxygens (including phenoxy) is 2. The van der Waals surface area contributed by atoms with Crippen LogP contribution in [0.1, 0.15) is 13.8 Å². The average Bonchev–Trinajstić information content (AvgIpc) is 2.25. The molecule has 0 aliphatic rings. The highest BCUT2D eigenvalue weighted by molar-refractivity contribution is 9.10. The SMILES string of the molecule is CC(C)OCC(O)COc1ccc(Cl)cc1Br. The van der Waals surface area contributed by atoms with Crippen molar-refractivity contribution in [1.82, 2.24) is 0 Å². The Kier molecular flexibility index (Phi) is 6.27. The van der Waals surface area contributed by atoms with E-state index < -0.39 is 6.10 Å². The van der Waals surface area contributed by atoms with Crippen LogP contribution in [-0.2, 0) is 4.74 Å². The second-order valence-corrected chi connectivity index (χ2v) is 5.21. The summed E-state index contributed by atoms with van der Waals surface area (Å²) >= 11 is 9.15. The zero-order valence-corrected chi connectivity index (χ0v) is 12.2. The number of benzene rings is 1. The standard InChI is InChI=1S/C12H16BrClO3/c1-8(2)16-6-10(15)7-17-12-4-3-9(14)5-11(12)13/h3-5,8,10,15H,6-7H2,1-2H3. The van der Waals surface area contributed by atoms with Gasteiger partial charge in [-0.25, -0.2) is 0 Å². The van der Waals surface area contributed by atoms with Gasteiger partial charge in [-0.1, -0.05) is 11.6 Å². The van der Waals surface area contributed by atoms with E-state index in [1.54, 1.807) is 18.2 Å². The van der Waals surface area contributed by atoms with E-state index in [-0.39, 0.29) is 19.3 Å². The number of aliphatic hydroxyl groups is 1. The summed E-state index contributed by atoms with van der Waals surface area (Å²) in [7, 11) is 0. The molecule has 5 heteroatoms. The lowest BCUT2D eigenvalue weighted by Crippen LogP contribution is -2.25. The minimum atomic E-state index is -0.639. The molecule has 0 fully saturated rings. The molecule has 0 aliphatic carbocycles. The molecule has 1 N–H and O–H groups in total. The van der Waals surface area contributed by atoms with Gasteiger partial charge in [0.05, 0.1) is 17.2 Å². The van der Waals surface area contributed by atoms with Crippen LogP contribution in [-0.4, -0.2) is 30.5 Å². The van der Waals surface area contributed by atoms with Gasteiger partial charge in [0.1, 0.15) is 18.5 Å². The van der Waals surface area contributed by atoms with Gasteiger partial charge in [-0.2, -0.15) is 0 Å². The summed E-state index contributed by atoms with van der Waals surface area (Å²) < 4.78 is 11.5. The van der Waals surface area contributed by atoms with Crippen molar-refractivity contribution in [1.29, 1.82) is 0 Å². The first-order valence-electron chi connectivity index (χ1n) is 5.36. The lowest BCUT2D eigenvalue weighted by atomic mass is 10.3. The van der Waals surface area contributed by atoms with Gasteiger partial charge >= 0.3 is 0 Å². The van der Waals surface area contributed by atoms with E-state index in [4.69, 9.17) is 21.1 Å². The Morgan fingerprint density at radius 2 is 2.06 bits per heavy atom. The van der Waals surface area contributed by atoms with E-state index in [9.17, 15) is 5.11 Å². The van der Waals surface area contributed by atoms with Crippen molar-refractivity contribution in [2.24, 2.45) is 0 Å². The van der Waals surface area contributed by atoms with Crippen molar-refractivity contribution in [3.63, 3.8) is 0 Å². The summed E-state index contributed by atoms with van der Waals surface area (Å²) in [5.74, 6) is 0.651. The third kappa shape index (κ3) is 5.73. The number of halogens is 2. The molecule has 1 atom stereocenters. The van der Waals surface area contributed by atoms with Gasteiger partial charge in [0.15, 0.2) is 0 Å².